The number of rotatable bonds is 2. The molecule has 2 nitrogen and oxygen atoms in total. The lowest BCUT2D eigenvalue weighted by Gasteiger charge is -2.25. The number of nitrogens with zero attached hydrogens (tertiary/aromatic N) is 2. The van der Waals surface area contributed by atoms with Gasteiger partial charge in [-0.25, -0.2) is 0 Å². The minimum absolute atomic E-state index is 0.983. The summed E-state index contributed by atoms with van der Waals surface area (Å²) >= 11 is 0. The average Bonchev–Trinajstić information content (AvgIpc) is 2.88. The van der Waals surface area contributed by atoms with Gasteiger partial charge in [0.05, 0.1) is 6.67 Å². The van der Waals surface area contributed by atoms with Crippen molar-refractivity contribution in [3.05, 3.63) is 59.2 Å². The largest absolute Gasteiger partial charge is 0.352 e. The van der Waals surface area contributed by atoms with Gasteiger partial charge in [-0.2, -0.15) is 0 Å². The van der Waals surface area contributed by atoms with Crippen molar-refractivity contribution < 1.29 is 0 Å². The summed E-state index contributed by atoms with van der Waals surface area (Å²) in [7, 11) is 0. The molecule has 0 spiro atoms. The fourth-order valence-corrected chi connectivity index (χ4v) is 3.19. The van der Waals surface area contributed by atoms with Crippen LogP contribution in [0.2, 0.25) is 0 Å². The molecular formula is C18H22N2. The molecule has 0 bridgehead atoms. The zero-order chi connectivity index (χ0) is 14.1. The summed E-state index contributed by atoms with van der Waals surface area (Å²) in [5.74, 6) is 0. The molecule has 0 N–H and O–H groups in total. The molecule has 3 rings (SSSR count). The van der Waals surface area contributed by atoms with Crippen LogP contribution in [0.15, 0.2) is 42.5 Å². The second kappa shape index (κ2) is 5.20. The third-order valence-electron chi connectivity index (χ3n) is 4.19. The molecular weight excluding hydrogens is 244 g/mol. The number of para-hydroxylation sites is 2. The Hall–Kier alpha value is -1.96. The fourth-order valence-electron chi connectivity index (χ4n) is 3.19. The van der Waals surface area contributed by atoms with Crippen LogP contribution < -0.4 is 9.80 Å². The molecule has 1 saturated heterocycles. The molecule has 0 amide bonds. The second-order valence-electron chi connectivity index (χ2n) is 5.70. The summed E-state index contributed by atoms with van der Waals surface area (Å²) < 4.78 is 0. The Morgan fingerprint density at radius 1 is 0.700 bits per heavy atom. The first-order valence-corrected chi connectivity index (χ1v) is 7.28. The Morgan fingerprint density at radius 2 is 1.30 bits per heavy atom. The van der Waals surface area contributed by atoms with E-state index in [2.05, 4.69) is 73.0 Å². The van der Waals surface area contributed by atoms with E-state index in [4.69, 9.17) is 0 Å². The van der Waals surface area contributed by atoms with Gasteiger partial charge < -0.3 is 9.80 Å². The lowest BCUT2D eigenvalue weighted by atomic mass is 10.1. The zero-order valence-corrected chi connectivity index (χ0v) is 12.6. The lowest BCUT2D eigenvalue weighted by molar-refractivity contribution is 0.936. The monoisotopic (exact) mass is 266 g/mol. The van der Waals surface area contributed by atoms with Gasteiger partial charge in [-0.3, -0.25) is 0 Å². The van der Waals surface area contributed by atoms with Crippen molar-refractivity contribution in [2.24, 2.45) is 0 Å². The van der Waals surface area contributed by atoms with E-state index in [9.17, 15) is 0 Å². The van der Waals surface area contributed by atoms with Gasteiger partial charge in [0, 0.05) is 24.5 Å². The Labute approximate surface area is 121 Å². The van der Waals surface area contributed by atoms with E-state index in [1.54, 1.807) is 0 Å². The molecule has 2 aromatic carbocycles. The lowest BCUT2D eigenvalue weighted by Crippen LogP contribution is -2.26. The van der Waals surface area contributed by atoms with Gasteiger partial charge in [0.15, 0.2) is 0 Å². The Balaban J connectivity index is 1.86. The third-order valence-corrected chi connectivity index (χ3v) is 4.19. The molecule has 20 heavy (non-hydrogen) atoms. The van der Waals surface area contributed by atoms with Crippen molar-refractivity contribution in [2.75, 3.05) is 29.6 Å². The van der Waals surface area contributed by atoms with Crippen LogP contribution in [0.5, 0.6) is 0 Å². The summed E-state index contributed by atoms with van der Waals surface area (Å²) in [5.41, 5.74) is 6.87. The molecule has 2 aromatic rings. The first-order chi connectivity index (χ1) is 9.66. The zero-order valence-electron chi connectivity index (χ0n) is 12.6. The molecule has 0 atom stereocenters. The predicted octanol–water partition coefficient (Wildman–Crippen LogP) is 3.90. The van der Waals surface area contributed by atoms with Crippen LogP contribution in [0, 0.1) is 20.8 Å². The van der Waals surface area contributed by atoms with Crippen molar-refractivity contribution in [1.82, 2.24) is 0 Å². The summed E-state index contributed by atoms with van der Waals surface area (Å²) in [6.07, 6.45) is 0. The van der Waals surface area contributed by atoms with Crippen molar-refractivity contribution in [1.29, 1.82) is 0 Å². The average molecular weight is 266 g/mol. The molecule has 1 heterocycles. The van der Waals surface area contributed by atoms with Crippen molar-refractivity contribution in [2.45, 2.75) is 20.8 Å². The highest BCUT2D eigenvalue weighted by molar-refractivity contribution is 5.63. The van der Waals surface area contributed by atoms with Gasteiger partial charge in [0.25, 0.3) is 0 Å². The van der Waals surface area contributed by atoms with Crippen LogP contribution in [0.3, 0.4) is 0 Å². The maximum Gasteiger partial charge on any atom is 0.0904 e. The van der Waals surface area contributed by atoms with Crippen molar-refractivity contribution in [3.8, 4) is 0 Å². The summed E-state index contributed by atoms with van der Waals surface area (Å²) in [5, 5.41) is 0. The quantitative estimate of drug-likeness (QED) is 0.813. The predicted molar refractivity (Wildman–Crippen MR) is 86.7 cm³/mol. The summed E-state index contributed by atoms with van der Waals surface area (Å²) in [4.78, 5) is 4.97. The summed E-state index contributed by atoms with van der Waals surface area (Å²) in [6, 6.07) is 15.2. The third kappa shape index (κ3) is 2.26. The van der Waals surface area contributed by atoms with Gasteiger partial charge in [0.1, 0.15) is 0 Å². The van der Waals surface area contributed by atoms with Crippen LogP contribution in [0.4, 0.5) is 11.4 Å². The normalized spacial score (nSPS) is 14.9. The van der Waals surface area contributed by atoms with E-state index in [-0.39, 0.29) is 0 Å². The van der Waals surface area contributed by atoms with Crippen LogP contribution >= 0.6 is 0 Å². The highest BCUT2D eigenvalue weighted by atomic mass is 15.4. The number of hydrogen-bond donors (Lipinski definition) is 0. The molecule has 0 radical (unpaired) electrons. The van der Waals surface area contributed by atoms with Gasteiger partial charge >= 0.3 is 0 Å². The van der Waals surface area contributed by atoms with E-state index < -0.39 is 0 Å². The smallest absolute Gasteiger partial charge is 0.0904 e. The van der Waals surface area contributed by atoms with E-state index >= 15 is 0 Å². The van der Waals surface area contributed by atoms with Crippen LogP contribution in [0.25, 0.3) is 0 Å². The minimum atomic E-state index is 0.983. The molecule has 0 unspecified atom stereocenters. The van der Waals surface area contributed by atoms with E-state index in [1.165, 1.54) is 28.1 Å². The van der Waals surface area contributed by atoms with E-state index in [0.29, 0.717) is 0 Å². The molecule has 1 aliphatic heterocycles. The number of hydrogen-bond acceptors (Lipinski definition) is 2. The number of benzene rings is 2. The molecule has 0 aliphatic carbocycles. The van der Waals surface area contributed by atoms with E-state index in [1.807, 2.05) is 0 Å². The van der Waals surface area contributed by atoms with Crippen LogP contribution in [-0.4, -0.2) is 19.8 Å². The first-order valence-electron chi connectivity index (χ1n) is 7.28. The van der Waals surface area contributed by atoms with Gasteiger partial charge in [0.2, 0.25) is 0 Å². The number of aryl methyl sites for hydroxylation is 3. The standard InChI is InChI=1S/C18H22N2/c1-14-7-4-5-10-17(14)19-11-12-20(13-19)18-15(2)8-6-9-16(18)3/h4-10H,11-13H2,1-3H3. The maximum atomic E-state index is 2.50. The Morgan fingerprint density at radius 3 is 2.00 bits per heavy atom. The van der Waals surface area contributed by atoms with Gasteiger partial charge in [-0.05, 0) is 43.5 Å². The van der Waals surface area contributed by atoms with Gasteiger partial charge in [-0.1, -0.05) is 36.4 Å². The molecule has 104 valence electrons. The van der Waals surface area contributed by atoms with Crippen LogP contribution in [-0.2, 0) is 0 Å². The molecule has 2 heteroatoms. The fraction of sp³-hybridized carbons (Fsp3) is 0.333. The minimum Gasteiger partial charge on any atom is -0.352 e. The second-order valence-corrected chi connectivity index (χ2v) is 5.70. The molecule has 0 aromatic heterocycles. The van der Waals surface area contributed by atoms with Crippen molar-refractivity contribution >= 4 is 11.4 Å². The maximum absolute atomic E-state index is 2.50. The summed E-state index contributed by atoms with van der Waals surface area (Å²) in [6.45, 7) is 9.78. The first kappa shape index (κ1) is 13.0. The van der Waals surface area contributed by atoms with Gasteiger partial charge in [-0.15, -0.1) is 0 Å². The Bertz CT molecular complexity index is 598. The highest BCUT2D eigenvalue weighted by Crippen LogP contribution is 2.29. The van der Waals surface area contributed by atoms with Crippen molar-refractivity contribution in [3.63, 3.8) is 0 Å². The van der Waals surface area contributed by atoms with E-state index in [0.717, 1.165) is 19.8 Å². The van der Waals surface area contributed by atoms with Crippen LogP contribution in [0.1, 0.15) is 16.7 Å². The molecule has 1 aliphatic rings. The SMILES string of the molecule is Cc1ccccc1N1CCN(c2c(C)cccc2C)C1. The molecule has 0 saturated carbocycles. The molecule has 1 fully saturated rings. The highest BCUT2D eigenvalue weighted by Gasteiger charge is 2.23. The Kier molecular flexibility index (Phi) is 3.39. The number of anilines is 2. The topological polar surface area (TPSA) is 6.48 Å².